The molecule has 1 unspecified atom stereocenters. The Morgan fingerprint density at radius 1 is 1.30 bits per heavy atom. The fourth-order valence-corrected chi connectivity index (χ4v) is 2.17. The van der Waals surface area contributed by atoms with E-state index in [0.717, 1.165) is 18.4 Å². The molecule has 0 heterocycles. The minimum Gasteiger partial charge on any atom is -0.336 e. The lowest BCUT2D eigenvalue weighted by atomic mass is 10.0. The summed E-state index contributed by atoms with van der Waals surface area (Å²) in [5, 5.41) is 3.72. The fraction of sp³-hybridized carbons (Fsp3) is 0.562. The Kier molecular flexibility index (Phi) is 6.86. The van der Waals surface area contributed by atoms with E-state index < -0.39 is 0 Å². The van der Waals surface area contributed by atoms with E-state index >= 15 is 0 Å². The van der Waals surface area contributed by atoms with Crippen molar-refractivity contribution in [3.63, 3.8) is 0 Å². The van der Waals surface area contributed by atoms with Gasteiger partial charge in [-0.1, -0.05) is 37.6 Å². The fourth-order valence-electron chi connectivity index (χ4n) is 1.96. The van der Waals surface area contributed by atoms with Crippen LogP contribution in [0, 0.1) is 5.92 Å². The van der Waals surface area contributed by atoms with E-state index in [1.165, 1.54) is 0 Å². The van der Waals surface area contributed by atoms with Gasteiger partial charge >= 0.3 is 6.03 Å². The van der Waals surface area contributed by atoms with Gasteiger partial charge in [0.2, 0.25) is 0 Å². The number of rotatable bonds is 6. The molecule has 112 valence electrons. The molecule has 0 radical (unpaired) electrons. The number of amides is 2. The Balaban J connectivity index is 2.42. The molecule has 4 heteroatoms. The van der Waals surface area contributed by atoms with Crippen molar-refractivity contribution in [3.8, 4) is 0 Å². The average molecular weight is 297 g/mol. The van der Waals surface area contributed by atoms with Gasteiger partial charge in [-0.15, -0.1) is 0 Å². The van der Waals surface area contributed by atoms with E-state index in [9.17, 15) is 4.79 Å². The normalized spacial score (nSPS) is 12.3. The van der Waals surface area contributed by atoms with Gasteiger partial charge in [0.05, 0.1) is 0 Å². The Bertz CT molecular complexity index is 434. The lowest BCUT2D eigenvalue weighted by Gasteiger charge is -2.22. The Morgan fingerprint density at radius 3 is 2.60 bits per heavy atom. The molecule has 3 nitrogen and oxygen atoms in total. The van der Waals surface area contributed by atoms with Gasteiger partial charge in [0.1, 0.15) is 0 Å². The van der Waals surface area contributed by atoms with Crippen LogP contribution in [-0.4, -0.2) is 24.0 Å². The maximum Gasteiger partial charge on any atom is 0.317 e. The molecule has 20 heavy (non-hydrogen) atoms. The molecule has 0 aliphatic rings. The van der Waals surface area contributed by atoms with Crippen LogP contribution in [0.3, 0.4) is 0 Å². The second-order valence-electron chi connectivity index (χ2n) is 5.81. The SMILES string of the molecule is CC(C)CCC(C)NC(=O)N(C)Cc1cccc(Cl)c1. The van der Waals surface area contributed by atoms with Gasteiger partial charge < -0.3 is 10.2 Å². The molecule has 0 fully saturated rings. The monoisotopic (exact) mass is 296 g/mol. The smallest absolute Gasteiger partial charge is 0.317 e. The zero-order chi connectivity index (χ0) is 15.1. The molecule has 1 N–H and O–H groups in total. The Morgan fingerprint density at radius 2 is 2.00 bits per heavy atom. The van der Waals surface area contributed by atoms with Crippen LogP contribution in [0.25, 0.3) is 0 Å². The molecule has 1 aromatic carbocycles. The van der Waals surface area contributed by atoms with Gasteiger partial charge in [-0.3, -0.25) is 0 Å². The zero-order valence-corrected chi connectivity index (χ0v) is 13.6. The molecule has 0 spiro atoms. The summed E-state index contributed by atoms with van der Waals surface area (Å²) in [6, 6.07) is 7.74. The summed E-state index contributed by atoms with van der Waals surface area (Å²) in [5.74, 6) is 0.665. The van der Waals surface area contributed by atoms with Gasteiger partial charge in [-0.25, -0.2) is 4.79 Å². The van der Waals surface area contributed by atoms with E-state index in [1.807, 2.05) is 31.2 Å². The van der Waals surface area contributed by atoms with Crippen molar-refractivity contribution in [2.75, 3.05) is 7.05 Å². The molecule has 0 saturated heterocycles. The summed E-state index contributed by atoms with van der Waals surface area (Å²) < 4.78 is 0. The van der Waals surface area contributed by atoms with Crippen LogP contribution in [0.15, 0.2) is 24.3 Å². The maximum absolute atomic E-state index is 12.1. The average Bonchev–Trinajstić information content (AvgIpc) is 2.36. The van der Waals surface area contributed by atoms with Gasteiger partial charge in [0.15, 0.2) is 0 Å². The number of carbonyl (C=O) groups excluding carboxylic acids is 1. The lowest BCUT2D eigenvalue weighted by Crippen LogP contribution is -2.41. The molecule has 1 rings (SSSR count). The number of benzene rings is 1. The number of hydrogen-bond donors (Lipinski definition) is 1. The molecule has 0 aliphatic carbocycles. The van der Waals surface area contributed by atoms with Gasteiger partial charge in [-0.05, 0) is 43.4 Å². The number of hydrogen-bond acceptors (Lipinski definition) is 1. The van der Waals surface area contributed by atoms with Crippen molar-refractivity contribution in [2.24, 2.45) is 5.92 Å². The van der Waals surface area contributed by atoms with E-state index in [4.69, 9.17) is 11.6 Å². The highest BCUT2D eigenvalue weighted by atomic mass is 35.5. The summed E-state index contributed by atoms with van der Waals surface area (Å²) in [5.41, 5.74) is 1.03. The van der Waals surface area contributed by atoms with Crippen molar-refractivity contribution >= 4 is 17.6 Å². The Hall–Kier alpha value is -1.22. The summed E-state index contributed by atoms with van der Waals surface area (Å²) in [6.45, 7) is 7.00. The van der Waals surface area contributed by atoms with E-state index in [1.54, 1.807) is 11.9 Å². The van der Waals surface area contributed by atoms with Crippen molar-refractivity contribution in [1.82, 2.24) is 10.2 Å². The van der Waals surface area contributed by atoms with E-state index in [2.05, 4.69) is 19.2 Å². The second-order valence-corrected chi connectivity index (χ2v) is 6.24. The number of urea groups is 1. The maximum atomic E-state index is 12.1. The first-order valence-corrected chi connectivity index (χ1v) is 7.52. The summed E-state index contributed by atoms with van der Waals surface area (Å²) >= 11 is 5.94. The molecule has 2 amide bonds. The van der Waals surface area contributed by atoms with Crippen LogP contribution in [0.4, 0.5) is 4.79 Å². The van der Waals surface area contributed by atoms with Crippen LogP contribution in [-0.2, 0) is 6.54 Å². The molecular formula is C16H25ClN2O. The topological polar surface area (TPSA) is 32.3 Å². The molecule has 0 bridgehead atoms. The van der Waals surface area contributed by atoms with Crippen LogP contribution in [0.1, 0.15) is 39.2 Å². The minimum absolute atomic E-state index is 0.0405. The molecule has 0 saturated carbocycles. The first-order valence-electron chi connectivity index (χ1n) is 7.14. The van der Waals surface area contributed by atoms with Crippen LogP contribution in [0.2, 0.25) is 5.02 Å². The van der Waals surface area contributed by atoms with Gasteiger partial charge in [0.25, 0.3) is 0 Å². The summed E-state index contributed by atoms with van der Waals surface area (Å²) in [6.07, 6.45) is 2.13. The molecule has 1 aromatic rings. The highest BCUT2D eigenvalue weighted by Crippen LogP contribution is 2.12. The predicted octanol–water partition coefficient (Wildman–Crippen LogP) is 4.31. The third kappa shape index (κ3) is 6.29. The number of carbonyl (C=O) groups is 1. The first-order chi connectivity index (χ1) is 9.38. The molecular weight excluding hydrogens is 272 g/mol. The highest BCUT2D eigenvalue weighted by Gasteiger charge is 2.12. The first kappa shape index (κ1) is 16.8. The van der Waals surface area contributed by atoms with Crippen LogP contribution in [0.5, 0.6) is 0 Å². The lowest BCUT2D eigenvalue weighted by molar-refractivity contribution is 0.202. The van der Waals surface area contributed by atoms with E-state index in [-0.39, 0.29) is 12.1 Å². The third-order valence-electron chi connectivity index (χ3n) is 3.20. The number of halogens is 1. The molecule has 0 aromatic heterocycles. The quantitative estimate of drug-likeness (QED) is 0.834. The van der Waals surface area contributed by atoms with Crippen molar-refractivity contribution < 1.29 is 4.79 Å². The number of nitrogens with one attached hydrogen (secondary N) is 1. The summed E-state index contributed by atoms with van der Waals surface area (Å²) in [4.78, 5) is 13.7. The van der Waals surface area contributed by atoms with Crippen LogP contribution < -0.4 is 5.32 Å². The van der Waals surface area contributed by atoms with Crippen molar-refractivity contribution in [3.05, 3.63) is 34.9 Å². The standard InChI is InChI=1S/C16H25ClN2O/c1-12(2)8-9-13(3)18-16(20)19(4)11-14-6-5-7-15(17)10-14/h5-7,10,12-13H,8-9,11H2,1-4H3,(H,18,20). The Labute approximate surface area is 127 Å². The summed E-state index contributed by atoms with van der Waals surface area (Å²) in [7, 11) is 1.80. The second kappa shape index (κ2) is 8.15. The van der Waals surface area contributed by atoms with Gasteiger partial charge in [0, 0.05) is 24.7 Å². The number of nitrogens with zero attached hydrogens (tertiary/aromatic N) is 1. The van der Waals surface area contributed by atoms with Crippen molar-refractivity contribution in [2.45, 2.75) is 46.2 Å². The highest BCUT2D eigenvalue weighted by molar-refractivity contribution is 6.30. The van der Waals surface area contributed by atoms with Gasteiger partial charge in [-0.2, -0.15) is 0 Å². The van der Waals surface area contributed by atoms with E-state index in [0.29, 0.717) is 17.5 Å². The zero-order valence-electron chi connectivity index (χ0n) is 12.8. The largest absolute Gasteiger partial charge is 0.336 e. The van der Waals surface area contributed by atoms with Crippen LogP contribution >= 0.6 is 11.6 Å². The molecule has 1 atom stereocenters. The predicted molar refractivity (Wildman–Crippen MR) is 85.0 cm³/mol. The molecule has 0 aliphatic heterocycles. The third-order valence-corrected chi connectivity index (χ3v) is 3.44. The minimum atomic E-state index is -0.0405. The van der Waals surface area contributed by atoms with Crippen molar-refractivity contribution in [1.29, 1.82) is 0 Å².